The van der Waals surface area contributed by atoms with Gasteiger partial charge in [0.15, 0.2) is 5.16 Å². The maximum absolute atomic E-state index is 11.0. The second kappa shape index (κ2) is 7.83. The van der Waals surface area contributed by atoms with Crippen LogP contribution >= 0.6 is 11.8 Å². The van der Waals surface area contributed by atoms with Gasteiger partial charge in [-0.05, 0) is 25.3 Å². The van der Waals surface area contributed by atoms with E-state index in [-0.39, 0.29) is 11.8 Å². The zero-order valence-electron chi connectivity index (χ0n) is 13.9. The summed E-state index contributed by atoms with van der Waals surface area (Å²) in [7, 11) is 0. The number of carboxylic acid groups (broad SMARTS) is 1. The van der Waals surface area contributed by atoms with Crippen molar-refractivity contribution in [3.63, 3.8) is 0 Å². The van der Waals surface area contributed by atoms with Crippen LogP contribution in [0.3, 0.4) is 0 Å². The highest BCUT2D eigenvalue weighted by Gasteiger charge is 2.26. The fraction of sp³-hybridized carbons (Fsp3) is 0.500. The number of rotatable bonds is 6. The van der Waals surface area contributed by atoms with E-state index in [1.54, 1.807) is 0 Å². The molecule has 0 spiro atoms. The van der Waals surface area contributed by atoms with Gasteiger partial charge in [0.1, 0.15) is 5.82 Å². The van der Waals surface area contributed by atoms with Crippen LogP contribution in [0, 0.1) is 0 Å². The van der Waals surface area contributed by atoms with Crippen LogP contribution in [0.25, 0.3) is 0 Å². The molecule has 3 rings (SSSR count). The van der Waals surface area contributed by atoms with Crippen molar-refractivity contribution in [1.82, 2.24) is 14.8 Å². The molecule has 0 amide bonds. The molecule has 1 fully saturated rings. The molecule has 24 heavy (non-hydrogen) atoms. The fourth-order valence-corrected chi connectivity index (χ4v) is 4.14. The maximum atomic E-state index is 11.0. The molecule has 1 saturated carbocycles. The minimum absolute atomic E-state index is 0.00428. The van der Waals surface area contributed by atoms with Crippen LogP contribution in [-0.4, -0.2) is 31.6 Å². The van der Waals surface area contributed by atoms with E-state index >= 15 is 0 Å². The normalized spacial score (nSPS) is 16.9. The number of aromatic nitrogens is 3. The van der Waals surface area contributed by atoms with Crippen LogP contribution in [0.5, 0.6) is 0 Å². The SMILES string of the molecule is CC(c1ccccc1)n1c(SCC(=O)O)nnc1C1CCCCC1. The van der Waals surface area contributed by atoms with Crippen molar-refractivity contribution in [2.75, 3.05) is 5.75 Å². The van der Waals surface area contributed by atoms with Gasteiger partial charge in [0.25, 0.3) is 0 Å². The molecule has 128 valence electrons. The molecule has 1 unspecified atom stereocenters. The zero-order chi connectivity index (χ0) is 16.9. The van der Waals surface area contributed by atoms with Crippen LogP contribution in [0.2, 0.25) is 0 Å². The van der Waals surface area contributed by atoms with Crippen molar-refractivity contribution in [2.24, 2.45) is 0 Å². The van der Waals surface area contributed by atoms with Crippen LogP contribution in [0.4, 0.5) is 0 Å². The quantitative estimate of drug-likeness (QED) is 0.798. The highest BCUT2D eigenvalue weighted by atomic mass is 32.2. The van der Waals surface area contributed by atoms with Gasteiger partial charge >= 0.3 is 5.97 Å². The van der Waals surface area contributed by atoms with Crippen molar-refractivity contribution in [2.45, 2.75) is 56.1 Å². The van der Waals surface area contributed by atoms with Gasteiger partial charge in [0, 0.05) is 5.92 Å². The first kappa shape index (κ1) is 17.0. The molecule has 1 aliphatic carbocycles. The van der Waals surface area contributed by atoms with Crippen molar-refractivity contribution in [3.05, 3.63) is 41.7 Å². The summed E-state index contributed by atoms with van der Waals surface area (Å²) in [5.41, 5.74) is 1.19. The monoisotopic (exact) mass is 345 g/mol. The van der Waals surface area contributed by atoms with Gasteiger partial charge in [-0.2, -0.15) is 0 Å². The molecule has 0 radical (unpaired) electrons. The van der Waals surface area contributed by atoms with E-state index in [0.717, 1.165) is 18.7 Å². The average Bonchev–Trinajstić information content (AvgIpc) is 3.04. The van der Waals surface area contributed by atoms with E-state index in [1.165, 1.54) is 36.6 Å². The molecule has 1 N–H and O–H groups in total. The smallest absolute Gasteiger partial charge is 0.313 e. The molecule has 1 atom stereocenters. The molecule has 0 saturated heterocycles. The first-order valence-electron chi connectivity index (χ1n) is 8.51. The van der Waals surface area contributed by atoms with Gasteiger partial charge in [-0.1, -0.05) is 61.4 Å². The summed E-state index contributed by atoms with van der Waals surface area (Å²) in [6.45, 7) is 2.13. The first-order valence-corrected chi connectivity index (χ1v) is 9.49. The van der Waals surface area contributed by atoms with Gasteiger partial charge in [0.05, 0.1) is 11.8 Å². The van der Waals surface area contributed by atoms with Crippen LogP contribution in [0.15, 0.2) is 35.5 Å². The Morgan fingerprint density at radius 2 is 1.96 bits per heavy atom. The lowest BCUT2D eigenvalue weighted by atomic mass is 9.88. The summed E-state index contributed by atoms with van der Waals surface area (Å²) in [6, 6.07) is 10.3. The third-order valence-corrected chi connectivity index (χ3v) is 5.58. The van der Waals surface area contributed by atoms with E-state index < -0.39 is 5.97 Å². The number of thioether (sulfide) groups is 1. The minimum Gasteiger partial charge on any atom is -0.481 e. The van der Waals surface area contributed by atoms with Crippen molar-refractivity contribution < 1.29 is 9.90 Å². The van der Waals surface area contributed by atoms with E-state index in [2.05, 4.69) is 33.8 Å². The third kappa shape index (κ3) is 3.80. The summed E-state index contributed by atoms with van der Waals surface area (Å²) < 4.78 is 2.15. The number of carbonyl (C=O) groups is 1. The Hall–Kier alpha value is -1.82. The summed E-state index contributed by atoms with van der Waals surface area (Å²) >= 11 is 1.25. The molecule has 5 nitrogen and oxygen atoms in total. The summed E-state index contributed by atoms with van der Waals surface area (Å²) in [6.07, 6.45) is 6.04. The van der Waals surface area contributed by atoms with Gasteiger partial charge in [-0.25, -0.2) is 0 Å². The Balaban J connectivity index is 1.95. The zero-order valence-corrected chi connectivity index (χ0v) is 14.7. The summed E-state index contributed by atoms with van der Waals surface area (Å²) in [5.74, 6) is 0.612. The van der Waals surface area contributed by atoms with Crippen molar-refractivity contribution >= 4 is 17.7 Å². The largest absolute Gasteiger partial charge is 0.481 e. The molecule has 0 bridgehead atoms. The average molecular weight is 345 g/mol. The lowest BCUT2D eigenvalue weighted by Gasteiger charge is -2.25. The standard InChI is InChI=1S/C18H23N3O2S/c1-13(14-8-4-2-5-9-14)21-17(15-10-6-3-7-11-15)19-20-18(21)24-12-16(22)23/h2,4-5,8-9,13,15H,3,6-7,10-12H2,1H3,(H,22,23). The van der Waals surface area contributed by atoms with E-state index in [4.69, 9.17) is 5.11 Å². The lowest BCUT2D eigenvalue weighted by Crippen LogP contribution is -2.17. The Labute approximate surface area is 146 Å². The highest BCUT2D eigenvalue weighted by molar-refractivity contribution is 7.99. The van der Waals surface area contributed by atoms with Gasteiger partial charge in [-0.15, -0.1) is 10.2 Å². The van der Waals surface area contributed by atoms with Crippen LogP contribution in [-0.2, 0) is 4.79 Å². The van der Waals surface area contributed by atoms with Crippen molar-refractivity contribution in [3.8, 4) is 0 Å². The maximum Gasteiger partial charge on any atom is 0.313 e. The molecule has 1 heterocycles. The summed E-state index contributed by atoms with van der Waals surface area (Å²) in [4.78, 5) is 11.0. The molecule has 0 aliphatic heterocycles. The number of nitrogens with zero attached hydrogens (tertiary/aromatic N) is 3. The topological polar surface area (TPSA) is 68.0 Å². The van der Waals surface area contributed by atoms with Crippen LogP contribution in [0.1, 0.15) is 62.4 Å². The Kier molecular flexibility index (Phi) is 5.56. The number of hydrogen-bond donors (Lipinski definition) is 1. The molecule has 6 heteroatoms. The molecule has 1 aromatic carbocycles. The minimum atomic E-state index is -0.832. The molecule has 2 aromatic rings. The molecule has 1 aliphatic rings. The third-order valence-electron chi connectivity index (χ3n) is 4.66. The van der Waals surface area contributed by atoms with Crippen molar-refractivity contribution in [1.29, 1.82) is 0 Å². The van der Waals surface area contributed by atoms with Gasteiger partial charge in [-0.3, -0.25) is 9.36 Å². The van der Waals surface area contributed by atoms with Gasteiger partial charge in [0.2, 0.25) is 0 Å². The second-order valence-electron chi connectivity index (χ2n) is 6.31. The van der Waals surface area contributed by atoms with Crippen LogP contribution < -0.4 is 0 Å². The van der Waals surface area contributed by atoms with E-state index in [1.807, 2.05) is 18.2 Å². The fourth-order valence-electron chi connectivity index (χ4n) is 3.40. The highest BCUT2D eigenvalue weighted by Crippen LogP contribution is 2.36. The molecule has 1 aromatic heterocycles. The number of benzene rings is 1. The predicted octanol–water partition coefficient (Wildman–Crippen LogP) is 4.11. The van der Waals surface area contributed by atoms with E-state index in [9.17, 15) is 4.79 Å². The Bertz CT molecular complexity index is 681. The first-order chi connectivity index (χ1) is 11.7. The number of carboxylic acids is 1. The van der Waals surface area contributed by atoms with E-state index in [0.29, 0.717) is 11.1 Å². The summed E-state index contributed by atoms with van der Waals surface area (Å²) in [5, 5.41) is 18.5. The lowest BCUT2D eigenvalue weighted by molar-refractivity contribution is -0.133. The molecular weight excluding hydrogens is 322 g/mol. The second-order valence-corrected chi connectivity index (χ2v) is 7.26. The molecular formula is C18H23N3O2S. The predicted molar refractivity (Wildman–Crippen MR) is 94.5 cm³/mol. The Morgan fingerprint density at radius 1 is 1.25 bits per heavy atom. The number of aliphatic carboxylic acids is 1. The number of hydrogen-bond acceptors (Lipinski definition) is 4. The van der Waals surface area contributed by atoms with Gasteiger partial charge < -0.3 is 5.11 Å². The Morgan fingerprint density at radius 3 is 2.62 bits per heavy atom.